The normalized spacial score (nSPS) is 18.2. The Morgan fingerprint density at radius 2 is 1.91 bits per heavy atom. The van der Waals surface area contributed by atoms with Gasteiger partial charge in [0.05, 0.1) is 46.1 Å². The van der Waals surface area contributed by atoms with E-state index in [1.165, 1.54) is 11.1 Å². The largest absolute Gasteiger partial charge is 0.496 e. The molecule has 3 aromatic rings. The van der Waals surface area contributed by atoms with Gasteiger partial charge >= 0.3 is 5.97 Å². The Labute approximate surface area is 254 Å². The number of ether oxygens (including phenoxy) is 4. The van der Waals surface area contributed by atoms with Crippen LogP contribution in [0.2, 0.25) is 0 Å². The van der Waals surface area contributed by atoms with Crippen molar-refractivity contribution in [3.63, 3.8) is 0 Å². The van der Waals surface area contributed by atoms with E-state index in [1.807, 2.05) is 24.3 Å². The fraction of sp³-hybridized carbons (Fsp3) is 0.457. The molecule has 43 heavy (non-hydrogen) atoms. The van der Waals surface area contributed by atoms with Gasteiger partial charge in [-0.05, 0) is 66.8 Å². The Balaban J connectivity index is 1.09. The maximum atomic E-state index is 11.1. The highest BCUT2D eigenvalue weighted by atomic mass is 16.5. The summed E-state index contributed by atoms with van der Waals surface area (Å²) in [6.07, 6.45) is 4.13. The Bertz CT molecular complexity index is 1310. The molecule has 2 unspecified atom stereocenters. The van der Waals surface area contributed by atoms with Crippen LogP contribution in [0.3, 0.4) is 0 Å². The summed E-state index contributed by atoms with van der Waals surface area (Å²) in [4.78, 5) is 13.3. The van der Waals surface area contributed by atoms with Crippen molar-refractivity contribution < 1.29 is 28.8 Å². The Hall–Kier alpha value is -3.59. The lowest BCUT2D eigenvalue weighted by molar-refractivity contribution is -0.136. The van der Waals surface area contributed by atoms with Gasteiger partial charge in [-0.2, -0.15) is 0 Å². The molecule has 0 bridgehead atoms. The van der Waals surface area contributed by atoms with E-state index in [1.54, 1.807) is 7.11 Å². The Kier molecular flexibility index (Phi) is 11.3. The number of hydrogen-bond acceptors (Lipinski definition) is 7. The number of carbonyl (C=O) groups is 1. The molecule has 2 N–H and O–H groups in total. The summed E-state index contributed by atoms with van der Waals surface area (Å²) in [6, 6.07) is 22.9. The Morgan fingerprint density at radius 3 is 2.74 bits per heavy atom. The van der Waals surface area contributed by atoms with Crippen LogP contribution < -0.4 is 19.7 Å². The van der Waals surface area contributed by atoms with Gasteiger partial charge < -0.3 is 34.3 Å². The summed E-state index contributed by atoms with van der Waals surface area (Å²) < 4.78 is 23.7. The number of nitrogens with zero attached hydrogens (tertiary/aromatic N) is 1. The highest BCUT2D eigenvalue weighted by Crippen LogP contribution is 2.32. The molecule has 0 aromatic heterocycles. The molecule has 2 aliphatic rings. The minimum absolute atomic E-state index is 0.0695. The topological polar surface area (TPSA) is 89.5 Å². The van der Waals surface area contributed by atoms with Crippen molar-refractivity contribution >= 4 is 11.7 Å². The molecule has 8 nitrogen and oxygen atoms in total. The molecule has 0 aliphatic carbocycles. The quantitative estimate of drug-likeness (QED) is 0.223. The number of anilines is 1. The second kappa shape index (κ2) is 15.8. The SMILES string of the molecule is COc1ccccc1COCCCOc1ccc(C2CCNCC2OCc2ccc3c(c2)N(CCC(=O)O)CCC3)cc1. The average molecular weight is 589 g/mol. The van der Waals surface area contributed by atoms with Crippen molar-refractivity contribution in [2.24, 2.45) is 0 Å². The molecule has 0 spiro atoms. The van der Waals surface area contributed by atoms with Crippen molar-refractivity contribution in [3.05, 3.63) is 89.0 Å². The zero-order chi connectivity index (χ0) is 29.9. The van der Waals surface area contributed by atoms with Crippen molar-refractivity contribution in [2.45, 2.75) is 57.3 Å². The first kappa shape index (κ1) is 30.9. The van der Waals surface area contributed by atoms with Crippen LogP contribution in [0.15, 0.2) is 66.7 Å². The average Bonchev–Trinajstić information content (AvgIpc) is 3.05. The molecule has 0 amide bonds. The molecule has 2 atom stereocenters. The smallest absolute Gasteiger partial charge is 0.305 e. The second-order valence-corrected chi connectivity index (χ2v) is 11.3. The fourth-order valence-corrected chi connectivity index (χ4v) is 6.00. The molecule has 8 heteroatoms. The van der Waals surface area contributed by atoms with Gasteiger partial charge in [0.1, 0.15) is 11.5 Å². The van der Waals surface area contributed by atoms with Crippen molar-refractivity contribution in [1.29, 1.82) is 0 Å². The summed E-state index contributed by atoms with van der Waals surface area (Å²) in [5.41, 5.74) is 5.89. The zero-order valence-electron chi connectivity index (χ0n) is 25.1. The predicted octanol–water partition coefficient (Wildman–Crippen LogP) is 5.57. The monoisotopic (exact) mass is 588 g/mol. The molecule has 5 rings (SSSR count). The van der Waals surface area contributed by atoms with Crippen LogP contribution in [0.1, 0.15) is 53.9 Å². The third kappa shape index (κ3) is 8.72. The third-order valence-electron chi connectivity index (χ3n) is 8.31. The van der Waals surface area contributed by atoms with Crippen LogP contribution in [0.4, 0.5) is 5.69 Å². The van der Waals surface area contributed by atoms with Crippen LogP contribution in [0.25, 0.3) is 0 Å². The summed E-state index contributed by atoms with van der Waals surface area (Å²) >= 11 is 0. The number of fused-ring (bicyclic) bond motifs is 1. The molecule has 2 aliphatic heterocycles. The minimum Gasteiger partial charge on any atom is -0.496 e. The van der Waals surface area contributed by atoms with Crippen LogP contribution in [0.5, 0.6) is 11.5 Å². The number of carboxylic acids is 1. The van der Waals surface area contributed by atoms with E-state index in [9.17, 15) is 4.79 Å². The lowest BCUT2D eigenvalue weighted by atomic mass is 9.87. The molecule has 0 saturated carbocycles. The van der Waals surface area contributed by atoms with Gasteiger partial charge in [-0.15, -0.1) is 0 Å². The van der Waals surface area contributed by atoms with E-state index >= 15 is 0 Å². The molecule has 3 aromatic carbocycles. The summed E-state index contributed by atoms with van der Waals surface area (Å²) in [5, 5.41) is 12.7. The van der Waals surface area contributed by atoms with Crippen LogP contribution in [-0.2, 0) is 33.9 Å². The third-order valence-corrected chi connectivity index (χ3v) is 8.31. The van der Waals surface area contributed by atoms with Gasteiger partial charge in [0.25, 0.3) is 0 Å². The number of methoxy groups -OCH3 is 1. The number of nitrogens with one attached hydrogen (secondary N) is 1. The molecule has 0 radical (unpaired) electrons. The van der Waals surface area contributed by atoms with Crippen molar-refractivity contribution in [2.75, 3.05) is 51.4 Å². The van der Waals surface area contributed by atoms with Crippen molar-refractivity contribution in [3.8, 4) is 11.5 Å². The number of piperidine rings is 1. The number of hydrogen-bond donors (Lipinski definition) is 2. The standard InChI is InChI=1S/C35H44N2O6/c1-40-33-8-3-2-6-29(33)25-41-20-5-21-42-30-13-11-27(12-14-30)31-15-17-36-23-34(31)43-24-26-9-10-28-7-4-18-37(32(28)22-26)19-16-35(38)39/h2-3,6,8-14,22,31,34,36H,4-5,7,15-21,23-25H2,1H3,(H,38,39). The molecule has 230 valence electrons. The first-order chi connectivity index (χ1) is 21.1. The van der Waals surface area contributed by atoms with Crippen molar-refractivity contribution in [1.82, 2.24) is 5.32 Å². The van der Waals surface area contributed by atoms with Gasteiger partial charge in [0.2, 0.25) is 0 Å². The fourth-order valence-electron chi connectivity index (χ4n) is 6.00. The Morgan fingerprint density at radius 1 is 1.05 bits per heavy atom. The first-order valence-corrected chi connectivity index (χ1v) is 15.4. The van der Waals surface area contributed by atoms with Crippen LogP contribution in [-0.4, -0.2) is 63.7 Å². The van der Waals surface area contributed by atoms with Gasteiger partial charge in [-0.1, -0.05) is 42.5 Å². The number of aliphatic carboxylic acids is 1. The van der Waals surface area contributed by atoms with Gasteiger partial charge in [0.15, 0.2) is 0 Å². The number of carboxylic acid groups (broad SMARTS) is 1. The number of aryl methyl sites for hydroxylation is 1. The van der Waals surface area contributed by atoms with E-state index in [0.29, 0.717) is 38.9 Å². The van der Waals surface area contributed by atoms with Gasteiger partial charge in [-0.3, -0.25) is 4.79 Å². The molecule has 1 fully saturated rings. The number of rotatable bonds is 15. The van der Waals surface area contributed by atoms with Crippen LogP contribution in [0, 0.1) is 0 Å². The highest BCUT2D eigenvalue weighted by molar-refractivity contribution is 5.68. The summed E-state index contributed by atoms with van der Waals surface area (Å²) in [6.45, 7) is 5.49. The first-order valence-electron chi connectivity index (χ1n) is 15.4. The van der Waals surface area contributed by atoms with Gasteiger partial charge in [0, 0.05) is 43.2 Å². The summed E-state index contributed by atoms with van der Waals surface area (Å²) in [7, 11) is 1.67. The van der Waals surface area contributed by atoms with Gasteiger partial charge in [-0.25, -0.2) is 0 Å². The maximum absolute atomic E-state index is 11.1. The van der Waals surface area contributed by atoms with E-state index < -0.39 is 5.97 Å². The summed E-state index contributed by atoms with van der Waals surface area (Å²) in [5.74, 6) is 1.26. The maximum Gasteiger partial charge on any atom is 0.305 e. The van der Waals surface area contributed by atoms with Crippen LogP contribution >= 0.6 is 0 Å². The second-order valence-electron chi connectivity index (χ2n) is 11.3. The van der Waals surface area contributed by atoms with E-state index in [-0.39, 0.29) is 12.5 Å². The molecular weight excluding hydrogens is 544 g/mol. The number of para-hydroxylation sites is 1. The van der Waals surface area contributed by atoms with E-state index in [2.05, 4.69) is 52.7 Å². The molecular formula is C35H44N2O6. The highest BCUT2D eigenvalue weighted by Gasteiger charge is 2.27. The van der Waals surface area contributed by atoms with E-state index in [0.717, 1.165) is 73.6 Å². The minimum atomic E-state index is -0.757. The molecule has 1 saturated heterocycles. The lowest BCUT2D eigenvalue weighted by Gasteiger charge is -2.33. The number of benzene rings is 3. The zero-order valence-corrected chi connectivity index (χ0v) is 25.1. The molecule has 2 heterocycles. The predicted molar refractivity (Wildman–Crippen MR) is 167 cm³/mol. The van der Waals surface area contributed by atoms with E-state index in [4.69, 9.17) is 24.1 Å². The lowest BCUT2D eigenvalue weighted by Crippen LogP contribution is -2.41.